The summed E-state index contributed by atoms with van der Waals surface area (Å²) >= 11 is 12.0. The monoisotopic (exact) mass is 261 g/mol. The third kappa shape index (κ3) is 3.36. The lowest BCUT2D eigenvalue weighted by molar-refractivity contribution is 0.136. The van der Waals surface area contributed by atoms with E-state index >= 15 is 0 Å². The molecule has 0 aliphatic carbocycles. The van der Waals surface area contributed by atoms with E-state index in [9.17, 15) is 5.11 Å². The fourth-order valence-corrected chi connectivity index (χ4v) is 2.30. The van der Waals surface area contributed by atoms with Crippen LogP contribution in [0.25, 0.3) is 0 Å². The predicted molar refractivity (Wildman–Crippen MR) is 68.9 cm³/mol. The lowest BCUT2D eigenvalue weighted by Crippen LogP contribution is -2.30. The minimum absolute atomic E-state index is 0.350. The molecule has 1 aromatic rings. The molecule has 4 heteroatoms. The SMILES string of the molecule is CC(C)CC(N)C(O)c1c(Cl)cccc1Cl. The summed E-state index contributed by atoms with van der Waals surface area (Å²) in [6.07, 6.45) is -0.0912. The Morgan fingerprint density at radius 1 is 1.25 bits per heavy atom. The predicted octanol–water partition coefficient (Wildman–Crippen LogP) is 3.40. The van der Waals surface area contributed by atoms with Crippen molar-refractivity contribution in [3.05, 3.63) is 33.8 Å². The van der Waals surface area contributed by atoms with Gasteiger partial charge in [0, 0.05) is 21.7 Å². The molecule has 0 bridgehead atoms. The van der Waals surface area contributed by atoms with E-state index in [4.69, 9.17) is 28.9 Å². The summed E-state index contributed by atoms with van der Waals surface area (Å²) in [5.41, 5.74) is 6.45. The van der Waals surface area contributed by atoms with Crippen LogP contribution in [0, 0.1) is 5.92 Å². The van der Waals surface area contributed by atoms with Crippen LogP contribution >= 0.6 is 23.2 Å². The highest BCUT2D eigenvalue weighted by Gasteiger charge is 2.22. The Balaban J connectivity index is 2.91. The second kappa shape index (κ2) is 5.87. The Hall–Kier alpha value is -0.280. The first kappa shape index (κ1) is 13.8. The topological polar surface area (TPSA) is 46.2 Å². The van der Waals surface area contributed by atoms with Crippen LogP contribution in [0.2, 0.25) is 10.0 Å². The molecule has 0 amide bonds. The zero-order valence-corrected chi connectivity index (χ0v) is 11.0. The lowest BCUT2D eigenvalue weighted by Gasteiger charge is -2.22. The van der Waals surface area contributed by atoms with Gasteiger partial charge in [-0.25, -0.2) is 0 Å². The van der Waals surface area contributed by atoms with Crippen LogP contribution in [0.5, 0.6) is 0 Å². The smallest absolute Gasteiger partial charge is 0.0969 e. The molecule has 0 fully saturated rings. The summed E-state index contributed by atoms with van der Waals surface area (Å²) in [5.74, 6) is 0.422. The van der Waals surface area contributed by atoms with Gasteiger partial charge in [0.25, 0.3) is 0 Å². The van der Waals surface area contributed by atoms with Crippen molar-refractivity contribution >= 4 is 23.2 Å². The Morgan fingerprint density at radius 3 is 2.19 bits per heavy atom. The molecule has 0 aliphatic heterocycles. The fraction of sp³-hybridized carbons (Fsp3) is 0.500. The molecule has 0 aliphatic rings. The Bertz CT molecular complexity index is 335. The summed E-state index contributed by atoms with van der Waals surface area (Å²) in [6.45, 7) is 4.11. The number of nitrogens with two attached hydrogens (primary N) is 1. The van der Waals surface area contributed by atoms with Crippen LogP contribution < -0.4 is 5.73 Å². The lowest BCUT2D eigenvalue weighted by atomic mass is 9.95. The summed E-state index contributed by atoms with van der Waals surface area (Å²) in [7, 11) is 0. The van der Waals surface area contributed by atoms with Crippen molar-refractivity contribution in [2.24, 2.45) is 11.7 Å². The van der Waals surface area contributed by atoms with E-state index in [-0.39, 0.29) is 6.04 Å². The van der Waals surface area contributed by atoms with Gasteiger partial charge >= 0.3 is 0 Å². The number of aliphatic hydroxyl groups is 1. The maximum atomic E-state index is 10.1. The van der Waals surface area contributed by atoms with Gasteiger partial charge in [0.05, 0.1) is 6.10 Å². The number of rotatable bonds is 4. The molecule has 0 saturated heterocycles. The third-order valence-electron chi connectivity index (χ3n) is 2.44. The first-order valence-electron chi connectivity index (χ1n) is 5.31. The fourth-order valence-electron chi connectivity index (χ4n) is 1.68. The van der Waals surface area contributed by atoms with E-state index in [1.165, 1.54) is 0 Å². The highest BCUT2D eigenvalue weighted by molar-refractivity contribution is 6.36. The molecule has 2 atom stereocenters. The summed E-state index contributed by atoms with van der Waals surface area (Å²) in [5, 5.41) is 11.0. The standard InChI is InChI=1S/C12H17Cl2NO/c1-7(2)6-10(15)12(16)11-8(13)4-3-5-9(11)14/h3-5,7,10,12,16H,6,15H2,1-2H3. The van der Waals surface area contributed by atoms with E-state index in [1.807, 2.05) is 0 Å². The molecule has 16 heavy (non-hydrogen) atoms. The van der Waals surface area contributed by atoms with Crippen molar-refractivity contribution in [1.82, 2.24) is 0 Å². The van der Waals surface area contributed by atoms with Crippen molar-refractivity contribution in [1.29, 1.82) is 0 Å². The van der Waals surface area contributed by atoms with E-state index in [2.05, 4.69) is 13.8 Å². The van der Waals surface area contributed by atoms with Crippen LogP contribution in [0.15, 0.2) is 18.2 Å². The van der Waals surface area contributed by atoms with Crippen LogP contribution in [0.1, 0.15) is 31.9 Å². The van der Waals surface area contributed by atoms with Crippen LogP contribution in [-0.4, -0.2) is 11.1 Å². The molecule has 0 radical (unpaired) electrons. The Labute approximate surface area is 106 Å². The maximum absolute atomic E-state index is 10.1. The van der Waals surface area contributed by atoms with Crippen molar-refractivity contribution < 1.29 is 5.11 Å². The van der Waals surface area contributed by atoms with Gasteiger partial charge < -0.3 is 10.8 Å². The summed E-state index contributed by atoms with van der Waals surface area (Å²) < 4.78 is 0. The quantitative estimate of drug-likeness (QED) is 0.873. The summed E-state index contributed by atoms with van der Waals surface area (Å²) in [6, 6.07) is 4.80. The minimum atomic E-state index is -0.816. The zero-order valence-electron chi connectivity index (χ0n) is 9.45. The van der Waals surface area contributed by atoms with E-state index < -0.39 is 6.10 Å². The second-order valence-corrected chi connectivity index (χ2v) is 5.19. The molecule has 1 rings (SSSR count). The van der Waals surface area contributed by atoms with Crippen molar-refractivity contribution in [3.8, 4) is 0 Å². The van der Waals surface area contributed by atoms with Crippen molar-refractivity contribution in [3.63, 3.8) is 0 Å². The molecular weight excluding hydrogens is 245 g/mol. The molecule has 2 unspecified atom stereocenters. The number of benzene rings is 1. The van der Waals surface area contributed by atoms with Gasteiger partial charge in [0.1, 0.15) is 0 Å². The van der Waals surface area contributed by atoms with Crippen LogP contribution in [0.3, 0.4) is 0 Å². The number of halogens is 2. The highest BCUT2D eigenvalue weighted by atomic mass is 35.5. The van der Waals surface area contributed by atoms with Gasteiger partial charge in [-0.1, -0.05) is 43.1 Å². The molecule has 0 aromatic heterocycles. The van der Waals surface area contributed by atoms with Gasteiger partial charge in [-0.2, -0.15) is 0 Å². The first-order valence-corrected chi connectivity index (χ1v) is 6.06. The first-order chi connectivity index (χ1) is 7.43. The van der Waals surface area contributed by atoms with E-state index in [1.54, 1.807) is 18.2 Å². The van der Waals surface area contributed by atoms with Gasteiger partial charge in [-0.15, -0.1) is 0 Å². The van der Waals surface area contributed by atoms with Gasteiger partial charge in [-0.3, -0.25) is 0 Å². The molecule has 90 valence electrons. The number of hydrogen-bond acceptors (Lipinski definition) is 2. The largest absolute Gasteiger partial charge is 0.387 e. The van der Waals surface area contributed by atoms with Crippen molar-refractivity contribution in [2.75, 3.05) is 0 Å². The van der Waals surface area contributed by atoms with Crippen LogP contribution in [0.4, 0.5) is 0 Å². The van der Waals surface area contributed by atoms with E-state index in [0.717, 1.165) is 6.42 Å². The minimum Gasteiger partial charge on any atom is -0.387 e. The van der Waals surface area contributed by atoms with Crippen LogP contribution in [-0.2, 0) is 0 Å². The third-order valence-corrected chi connectivity index (χ3v) is 3.10. The Morgan fingerprint density at radius 2 is 1.75 bits per heavy atom. The molecule has 1 aromatic carbocycles. The normalized spacial score (nSPS) is 15.2. The summed E-state index contributed by atoms with van der Waals surface area (Å²) in [4.78, 5) is 0. The Kier molecular flexibility index (Phi) is 5.06. The number of hydrogen-bond donors (Lipinski definition) is 2. The van der Waals surface area contributed by atoms with E-state index in [0.29, 0.717) is 21.5 Å². The molecule has 0 heterocycles. The number of aliphatic hydroxyl groups excluding tert-OH is 1. The molecule has 0 spiro atoms. The van der Waals surface area contributed by atoms with Gasteiger partial charge in [0.2, 0.25) is 0 Å². The highest BCUT2D eigenvalue weighted by Crippen LogP contribution is 2.32. The molecular formula is C12H17Cl2NO. The average Bonchev–Trinajstić information content (AvgIpc) is 2.16. The maximum Gasteiger partial charge on any atom is 0.0969 e. The average molecular weight is 262 g/mol. The molecule has 3 N–H and O–H groups in total. The van der Waals surface area contributed by atoms with Crippen molar-refractivity contribution in [2.45, 2.75) is 32.4 Å². The molecule has 2 nitrogen and oxygen atoms in total. The second-order valence-electron chi connectivity index (χ2n) is 4.37. The van der Waals surface area contributed by atoms with Gasteiger partial charge in [-0.05, 0) is 24.5 Å². The zero-order chi connectivity index (χ0) is 12.3. The molecule has 0 saturated carbocycles. The van der Waals surface area contributed by atoms with Gasteiger partial charge in [0.15, 0.2) is 0 Å².